The maximum atomic E-state index is 11.9. The summed E-state index contributed by atoms with van der Waals surface area (Å²) in [5.74, 6) is -1.52. The lowest BCUT2D eigenvalue weighted by Gasteiger charge is -2.29. The van der Waals surface area contributed by atoms with Crippen LogP contribution < -0.4 is 0 Å². The van der Waals surface area contributed by atoms with E-state index in [-0.39, 0.29) is 19.1 Å². The minimum Gasteiger partial charge on any atom is -0.481 e. The van der Waals surface area contributed by atoms with Crippen LogP contribution >= 0.6 is 0 Å². The highest BCUT2D eigenvalue weighted by Crippen LogP contribution is 2.04. The number of carbonyl (C=O) groups is 2. The lowest BCUT2D eigenvalue weighted by atomic mass is 10.2. The predicted molar refractivity (Wildman–Crippen MR) is 63.8 cm³/mol. The van der Waals surface area contributed by atoms with Crippen molar-refractivity contribution >= 4 is 12.0 Å². The number of hydrogen-bond acceptors (Lipinski definition) is 3. The number of likely N-dealkylation sites (N-methyl/N-ethyl adjacent to an activating group) is 1. The van der Waals surface area contributed by atoms with Crippen LogP contribution in [0.3, 0.4) is 0 Å². The molecule has 0 bridgehead atoms. The third-order valence-electron chi connectivity index (χ3n) is 2.43. The zero-order valence-electron chi connectivity index (χ0n) is 10.9. The maximum Gasteiger partial charge on any atom is 0.319 e. The van der Waals surface area contributed by atoms with Gasteiger partial charge in [0.25, 0.3) is 0 Å². The summed E-state index contributed by atoms with van der Waals surface area (Å²) in [6.45, 7) is 5.81. The molecule has 0 saturated carbocycles. The molecule has 0 aliphatic carbocycles. The number of hydrogen-bond donors (Lipinski definition) is 2. The molecule has 0 aromatic rings. The van der Waals surface area contributed by atoms with E-state index in [9.17, 15) is 14.7 Å². The van der Waals surface area contributed by atoms with E-state index < -0.39 is 18.0 Å². The van der Waals surface area contributed by atoms with Gasteiger partial charge < -0.3 is 20.0 Å². The zero-order chi connectivity index (χ0) is 13.6. The Balaban J connectivity index is 4.44. The summed E-state index contributed by atoms with van der Waals surface area (Å²) in [4.78, 5) is 25.5. The van der Waals surface area contributed by atoms with E-state index in [0.717, 1.165) is 0 Å². The van der Waals surface area contributed by atoms with E-state index in [4.69, 9.17) is 5.11 Å². The van der Waals surface area contributed by atoms with Gasteiger partial charge >= 0.3 is 12.0 Å². The molecule has 6 heteroatoms. The van der Waals surface area contributed by atoms with Gasteiger partial charge in [0.1, 0.15) is 0 Å². The fourth-order valence-corrected chi connectivity index (χ4v) is 1.47. The number of aliphatic hydroxyl groups is 1. The van der Waals surface area contributed by atoms with Crippen LogP contribution in [-0.2, 0) is 4.79 Å². The molecule has 0 aromatic heterocycles. The molecule has 0 aliphatic heterocycles. The van der Waals surface area contributed by atoms with Gasteiger partial charge in [-0.3, -0.25) is 4.79 Å². The average molecular weight is 246 g/mol. The largest absolute Gasteiger partial charge is 0.481 e. The molecule has 0 aliphatic rings. The summed E-state index contributed by atoms with van der Waals surface area (Å²) in [6, 6.07) is -0.262. The summed E-state index contributed by atoms with van der Waals surface area (Å²) in [5.41, 5.74) is 0. The number of carboxylic acids is 1. The summed E-state index contributed by atoms with van der Waals surface area (Å²) in [7, 11) is 1.59. The zero-order valence-corrected chi connectivity index (χ0v) is 10.9. The van der Waals surface area contributed by atoms with Crippen LogP contribution in [0.4, 0.5) is 4.79 Å². The standard InChI is InChI=1S/C11H22N2O4/c1-5-13(6-8(2)10(15)16)11(17)12(4)7-9(3)14/h8-9,14H,5-7H2,1-4H3,(H,15,16). The lowest BCUT2D eigenvalue weighted by molar-refractivity contribution is -0.141. The van der Waals surface area contributed by atoms with Gasteiger partial charge in [-0.15, -0.1) is 0 Å². The fourth-order valence-electron chi connectivity index (χ4n) is 1.47. The molecule has 6 nitrogen and oxygen atoms in total. The number of urea groups is 1. The third-order valence-corrected chi connectivity index (χ3v) is 2.43. The van der Waals surface area contributed by atoms with Gasteiger partial charge in [0, 0.05) is 26.7 Å². The summed E-state index contributed by atoms with van der Waals surface area (Å²) in [6.07, 6.45) is -0.598. The van der Waals surface area contributed by atoms with Crippen LogP contribution in [0.1, 0.15) is 20.8 Å². The number of amides is 2. The van der Waals surface area contributed by atoms with Crippen molar-refractivity contribution in [1.82, 2.24) is 9.80 Å². The quantitative estimate of drug-likeness (QED) is 0.713. The molecule has 0 spiro atoms. The van der Waals surface area contributed by atoms with Crippen molar-refractivity contribution in [3.63, 3.8) is 0 Å². The Hall–Kier alpha value is -1.30. The van der Waals surface area contributed by atoms with Crippen LogP contribution in [-0.4, -0.2) is 64.8 Å². The van der Waals surface area contributed by atoms with Gasteiger partial charge in [-0.05, 0) is 13.8 Å². The highest BCUT2D eigenvalue weighted by Gasteiger charge is 2.22. The van der Waals surface area contributed by atoms with Gasteiger partial charge in [0.05, 0.1) is 12.0 Å². The topological polar surface area (TPSA) is 81.1 Å². The number of rotatable bonds is 6. The van der Waals surface area contributed by atoms with Crippen molar-refractivity contribution in [3.05, 3.63) is 0 Å². The number of aliphatic hydroxyl groups excluding tert-OH is 1. The van der Waals surface area contributed by atoms with E-state index in [2.05, 4.69) is 0 Å². The first-order chi connectivity index (χ1) is 7.79. The molecule has 2 N–H and O–H groups in total. The lowest BCUT2D eigenvalue weighted by Crippen LogP contribution is -2.45. The normalized spacial score (nSPS) is 13.9. The molecule has 2 unspecified atom stereocenters. The van der Waals surface area contributed by atoms with Gasteiger partial charge in [-0.2, -0.15) is 0 Å². The average Bonchev–Trinajstić information content (AvgIpc) is 2.23. The van der Waals surface area contributed by atoms with Crippen LogP contribution in [0.5, 0.6) is 0 Å². The van der Waals surface area contributed by atoms with Crippen molar-refractivity contribution in [2.24, 2.45) is 5.92 Å². The van der Waals surface area contributed by atoms with E-state index in [0.29, 0.717) is 6.54 Å². The minimum absolute atomic E-state index is 0.175. The Labute approximate surface area is 102 Å². The van der Waals surface area contributed by atoms with E-state index in [1.54, 1.807) is 27.8 Å². The molecular weight excluding hydrogens is 224 g/mol. The smallest absolute Gasteiger partial charge is 0.319 e. The molecule has 17 heavy (non-hydrogen) atoms. The number of nitrogens with zero attached hydrogens (tertiary/aromatic N) is 2. The summed E-state index contributed by atoms with van der Waals surface area (Å²) >= 11 is 0. The number of carboxylic acid groups (broad SMARTS) is 1. The third kappa shape index (κ3) is 5.53. The van der Waals surface area contributed by atoms with Gasteiger partial charge in [0.2, 0.25) is 0 Å². The molecule has 0 aromatic carbocycles. The Morgan fingerprint density at radius 1 is 1.24 bits per heavy atom. The van der Waals surface area contributed by atoms with Crippen molar-refractivity contribution in [3.8, 4) is 0 Å². The van der Waals surface area contributed by atoms with Crippen LogP contribution in [0.25, 0.3) is 0 Å². The van der Waals surface area contributed by atoms with Gasteiger partial charge in [0.15, 0.2) is 0 Å². The Morgan fingerprint density at radius 2 is 1.76 bits per heavy atom. The molecule has 2 amide bonds. The number of carbonyl (C=O) groups excluding carboxylic acids is 1. The highest BCUT2D eigenvalue weighted by molar-refractivity contribution is 5.75. The van der Waals surface area contributed by atoms with E-state index >= 15 is 0 Å². The van der Waals surface area contributed by atoms with Crippen molar-refractivity contribution in [2.45, 2.75) is 26.9 Å². The first-order valence-corrected chi connectivity index (χ1v) is 5.70. The Morgan fingerprint density at radius 3 is 2.12 bits per heavy atom. The maximum absolute atomic E-state index is 11.9. The Kier molecular flexibility index (Phi) is 6.57. The fraction of sp³-hybridized carbons (Fsp3) is 0.818. The molecule has 0 heterocycles. The van der Waals surface area contributed by atoms with E-state index in [1.807, 2.05) is 0 Å². The van der Waals surface area contributed by atoms with Crippen LogP contribution in [0.2, 0.25) is 0 Å². The van der Waals surface area contributed by atoms with Crippen molar-refractivity contribution in [1.29, 1.82) is 0 Å². The highest BCUT2D eigenvalue weighted by atomic mass is 16.4. The van der Waals surface area contributed by atoms with Crippen LogP contribution in [0.15, 0.2) is 0 Å². The molecule has 0 fully saturated rings. The molecule has 2 atom stereocenters. The molecular formula is C11H22N2O4. The first-order valence-electron chi connectivity index (χ1n) is 5.70. The number of aliphatic carboxylic acids is 1. The second kappa shape index (κ2) is 7.11. The van der Waals surface area contributed by atoms with Crippen LogP contribution in [0, 0.1) is 5.92 Å². The Bertz CT molecular complexity index is 268. The second-order valence-electron chi connectivity index (χ2n) is 4.29. The van der Waals surface area contributed by atoms with Crippen molar-refractivity contribution < 1.29 is 19.8 Å². The van der Waals surface area contributed by atoms with Gasteiger partial charge in [-0.1, -0.05) is 6.92 Å². The molecule has 100 valence electrons. The summed E-state index contributed by atoms with van der Waals surface area (Å²) < 4.78 is 0. The summed E-state index contributed by atoms with van der Waals surface area (Å²) in [5, 5.41) is 18.0. The first kappa shape index (κ1) is 15.7. The molecule has 0 rings (SSSR count). The monoisotopic (exact) mass is 246 g/mol. The van der Waals surface area contributed by atoms with Crippen molar-refractivity contribution in [2.75, 3.05) is 26.7 Å². The minimum atomic E-state index is -0.922. The molecule has 0 radical (unpaired) electrons. The predicted octanol–water partition coefficient (Wildman–Crippen LogP) is 0.462. The van der Waals surface area contributed by atoms with E-state index in [1.165, 1.54) is 9.80 Å². The SMILES string of the molecule is CCN(CC(C)C(=O)O)C(=O)N(C)CC(C)O. The van der Waals surface area contributed by atoms with Gasteiger partial charge in [-0.25, -0.2) is 4.79 Å². The molecule has 0 saturated heterocycles. The second-order valence-corrected chi connectivity index (χ2v) is 4.29.